The van der Waals surface area contributed by atoms with Crippen molar-refractivity contribution in [1.29, 1.82) is 0 Å². The number of hydrogen-bond donors (Lipinski definition) is 2. The lowest BCUT2D eigenvalue weighted by atomic mass is 9.96. The van der Waals surface area contributed by atoms with Crippen LogP contribution in [-0.2, 0) is 16.1 Å². The van der Waals surface area contributed by atoms with Crippen molar-refractivity contribution in [2.24, 2.45) is 5.92 Å². The smallest absolute Gasteiger partial charge is 0.308 e. The van der Waals surface area contributed by atoms with Crippen LogP contribution in [0, 0.1) is 5.92 Å². The predicted octanol–water partition coefficient (Wildman–Crippen LogP) is 4.49. The first-order chi connectivity index (χ1) is 11.5. The van der Waals surface area contributed by atoms with Crippen molar-refractivity contribution < 1.29 is 19.7 Å². The number of phenolic OH excluding ortho intramolecular Hbond substituents is 2. The number of esters is 1. The molecule has 0 aliphatic carbocycles. The van der Waals surface area contributed by atoms with E-state index in [1.165, 1.54) is 0 Å². The summed E-state index contributed by atoms with van der Waals surface area (Å²) in [6, 6.07) is 12.2. The van der Waals surface area contributed by atoms with Crippen LogP contribution in [0.15, 0.2) is 42.5 Å². The molecule has 0 saturated heterocycles. The molecule has 24 heavy (non-hydrogen) atoms. The fourth-order valence-electron chi connectivity index (χ4n) is 2.83. The molecule has 4 heteroatoms. The standard InChI is InChI=1S/C20H20O4/c1-3-12(2)20(23)24-11-17-13-6-4-8-18(21)15(13)10-16-14(17)7-5-9-19(16)22/h4-10,12,21-22H,3,11H2,1-2H3. The van der Waals surface area contributed by atoms with Gasteiger partial charge >= 0.3 is 5.97 Å². The first-order valence-corrected chi connectivity index (χ1v) is 8.04. The Labute approximate surface area is 140 Å². The average molecular weight is 324 g/mol. The minimum absolute atomic E-state index is 0.101. The van der Waals surface area contributed by atoms with E-state index in [1.54, 1.807) is 30.3 Å². The van der Waals surface area contributed by atoms with Crippen LogP contribution >= 0.6 is 0 Å². The summed E-state index contributed by atoms with van der Waals surface area (Å²) in [6.07, 6.45) is 0.719. The zero-order chi connectivity index (χ0) is 17.3. The van der Waals surface area contributed by atoms with Crippen molar-refractivity contribution in [3.63, 3.8) is 0 Å². The molecule has 0 fully saturated rings. The number of carbonyl (C=O) groups excluding carboxylic acids is 1. The van der Waals surface area contributed by atoms with Crippen LogP contribution in [0.5, 0.6) is 11.5 Å². The number of benzene rings is 3. The Bertz CT molecular complexity index is 854. The molecule has 3 aromatic rings. The highest BCUT2D eigenvalue weighted by atomic mass is 16.5. The molecule has 3 rings (SSSR count). The van der Waals surface area contributed by atoms with E-state index in [9.17, 15) is 15.0 Å². The molecular formula is C20H20O4. The van der Waals surface area contributed by atoms with Crippen molar-refractivity contribution in [2.75, 3.05) is 0 Å². The molecule has 0 spiro atoms. The van der Waals surface area contributed by atoms with E-state index in [0.717, 1.165) is 22.8 Å². The van der Waals surface area contributed by atoms with Gasteiger partial charge in [-0.05, 0) is 35.4 Å². The number of phenols is 2. The summed E-state index contributed by atoms with van der Waals surface area (Å²) in [5.74, 6) is -0.143. The Morgan fingerprint density at radius 1 is 1.00 bits per heavy atom. The number of fused-ring (bicyclic) bond motifs is 2. The molecule has 0 aliphatic rings. The van der Waals surface area contributed by atoms with Crippen molar-refractivity contribution >= 4 is 27.5 Å². The van der Waals surface area contributed by atoms with Crippen molar-refractivity contribution in [3.8, 4) is 11.5 Å². The number of rotatable bonds is 4. The molecule has 1 atom stereocenters. The van der Waals surface area contributed by atoms with Gasteiger partial charge < -0.3 is 14.9 Å². The second kappa shape index (κ2) is 6.40. The molecule has 0 radical (unpaired) electrons. The van der Waals surface area contributed by atoms with Crippen LogP contribution in [0.4, 0.5) is 0 Å². The van der Waals surface area contributed by atoms with Gasteiger partial charge in [0, 0.05) is 16.3 Å². The number of carbonyl (C=O) groups is 1. The number of aromatic hydroxyl groups is 2. The van der Waals surface area contributed by atoms with E-state index in [-0.39, 0.29) is 30.0 Å². The molecule has 1 unspecified atom stereocenters. The van der Waals surface area contributed by atoms with Crippen molar-refractivity contribution in [1.82, 2.24) is 0 Å². The van der Waals surface area contributed by atoms with E-state index in [1.807, 2.05) is 26.0 Å². The maximum atomic E-state index is 12.0. The third-order valence-electron chi connectivity index (χ3n) is 4.48. The van der Waals surface area contributed by atoms with E-state index in [2.05, 4.69) is 0 Å². The van der Waals surface area contributed by atoms with Gasteiger partial charge in [-0.2, -0.15) is 0 Å². The minimum Gasteiger partial charge on any atom is -0.507 e. The first-order valence-electron chi connectivity index (χ1n) is 8.04. The van der Waals surface area contributed by atoms with E-state index in [0.29, 0.717) is 10.8 Å². The Morgan fingerprint density at radius 3 is 2.04 bits per heavy atom. The first kappa shape index (κ1) is 16.1. The monoisotopic (exact) mass is 324 g/mol. The third kappa shape index (κ3) is 2.75. The lowest BCUT2D eigenvalue weighted by Gasteiger charge is -2.15. The van der Waals surface area contributed by atoms with E-state index < -0.39 is 0 Å². The SMILES string of the molecule is CCC(C)C(=O)OCc1c2cccc(O)c2cc2c(O)cccc12. The zero-order valence-corrected chi connectivity index (χ0v) is 13.7. The molecule has 4 nitrogen and oxygen atoms in total. The zero-order valence-electron chi connectivity index (χ0n) is 13.7. The highest BCUT2D eigenvalue weighted by molar-refractivity contribution is 6.06. The van der Waals surface area contributed by atoms with Gasteiger partial charge in [0.1, 0.15) is 18.1 Å². The van der Waals surface area contributed by atoms with Gasteiger partial charge in [-0.1, -0.05) is 38.1 Å². The van der Waals surface area contributed by atoms with Gasteiger partial charge in [-0.15, -0.1) is 0 Å². The van der Waals surface area contributed by atoms with Crippen LogP contribution < -0.4 is 0 Å². The van der Waals surface area contributed by atoms with Crippen LogP contribution in [0.2, 0.25) is 0 Å². The fraction of sp³-hybridized carbons (Fsp3) is 0.250. The summed E-state index contributed by atoms with van der Waals surface area (Å²) in [7, 11) is 0. The maximum Gasteiger partial charge on any atom is 0.308 e. The second-order valence-corrected chi connectivity index (χ2v) is 6.02. The van der Waals surface area contributed by atoms with Crippen LogP contribution in [0.1, 0.15) is 25.8 Å². The van der Waals surface area contributed by atoms with Gasteiger partial charge in [-0.25, -0.2) is 0 Å². The Balaban J connectivity index is 2.17. The summed E-state index contributed by atoms with van der Waals surface area (Å²) in [5.41, 5.74) is 0.783. The predicted molar refractivity (Wildman–Crippen MR) is 94.0 cm³/mol. The molecule has 0 amide bonds. The molecule has 0 bridgehead atoms. The molecule has 3 aromatic carbocycles. The van der Waals surface area contributed by atoms with E-state index in [4.69, 9.17) is 4.74 Å². The fourth-order valence-corrected chi connectivity index (χ4v) is 2.83. The molecule has 2 N–H and O–H groups in total. The molecule has 124 valence electrons. The molecular weight excluding hydrogens is 304 g/mol. The summed E-state index contributed by atoms with van der Waals surface area (Å²) < 4.78 is 5.47. The summed E-state index contributed by atoms with van der Waals surface area (Å²) in [6.45, 7) is 3.88. The second-order valence-electron chi connectivity index (χ2n) is 6.02. The van der Waals surface area contributed by atoms with Gasteiger partial charge in [0.25, 0.3) is 0 Å². The van der Waals surface area contributed by atoms with Gasteiger partial charge in [-0.3, -0.25) is 4.79 Å². The lowest BCUT2D eigenvalue weighted by Crippen LogP contribution is -2.14. The molecule has 0 heterocycles. The number of hydrogen-bond acceptors (Lipinski definition) is 4. The summed E-state index contributed by atoms with van der Waals surface area (Å²) in [4.78, 5) is 12.0. The van der Waals surface area contributed by atoms with Gasteiger partial charge in [0.2, 0.25) is 0 Å². The highest BCUT2D eigenvalue weighted by Crippen LogP contribution is 2.37. The van der Waals surface area contributed by atoms with E-state index >= 15 is 0 Å². The molecule has 0 saturated carbocycles. The lowest BCUT2D eigenvalue weighted by molar-refractivity contribution is -0.149. The Morgan fingerprint density at radius 2 is 1.54 bits per heavy atom. The Kier molecular flexibility index (Phi) is 4.30. The summed E-state index contributed by atoms with van der Waals surface area (Å²) in [5, 5.41) is 23.2. The van der Waals surface area contributed by atoms with Gasteiger partial charge in [0.05, 0.1) is 5.92 Å². The summed E-state index contributed by atoms with van der Waals surface area (Å²) >= 11 is 0. The van der Waals surface area contributed by atoms with Crippen LogP contribution in [0.3, 0.4) is 0 Å². The highest BCUT2D eigenvalue weighted by Gasteiger charge is 2.16. The minimum atomic E-state index is -0.247. The topological polar surface area (TPSA) is 66.8 Å². The van der Waals surface area contributed by atoms with Gasteiger partial charge in [0.15, 0.2) is 0 Å². The maximum absolute atomic E-state index is 12.0. The quantitative estimate of drug-likeness (QED) is 0.548. The molecule has 0 aromatic heterocycles. The average Bonchev–Trinajstić information content (AvgIpc) is 2.59. The normalized spacial score (nSPS) is 12.4. The largest absolute Gasteiger partial charge is 0.507 e. The Hall–Kier alpha value is -2.75. The number of ether oxygens (including phenoxy) is 1. The molecule has 0 aliphatic heterocycles. The van der Waals surface area contributed by atoms with Crippen molar-refractivity contribution in [2.45, 2.75) is 26.9 Å². The van der Waals surface area contributed by atoms with Crippen LogP contribution in [0.25, 0.3) is 21.5 Å². The van der Waals surface area contributed by atoms with Crippen LogP contribution in [-0.4, -0.2) is 16.2 Å². The van der Waals surface area contributed by atoms with Crippen molar-refractivity contribution in [3.05, 3.63) is 48.0 Å². The third-order valence-corrected chi connectivity index (χ3v) is 4.48.